The highest BCUT2D eigenvalue weighted by molar-refractivity contribution is 5.82. The minimum Gasteiger partial charge on any atom is -0.360 e. The summed E-state index contributed by atoms with van der Waals surface area (Å²) in [4.78, 5) is 12.2. The summed E-state index contributed by atoms with van der Waals surface area (Å²) in [5, 5.41) is 16.9. The average molecular weight is 348 g/mol. The van der Waals surface area contributed by atoms with E-state index in [9.17, 15) is 4.79 Å². The average Bonchev–Trinajstić information content (AvgIpc) is 3.29. The molecule has 0 aliphatic rings. The number of nitrogens with zero attached hydrogens (tertiary/aromatic N) is 4. The van der Waals surface area contributed by atoms with Gasteiger partial charge < -0.3 is 4.52 Å². The quantitative estimate of drug-likeness (QED) is 0.648. The zero-order valence-electron chi connectivity index (χ0n) is 14.8. The number of hydrogen-bond acceptors (Lipinski definition) is 5. The molecule has 0 unspecified atom stereocenters. The number of aryl methyl sites for hydroxylation is 1. The molecule has 2 heterocycles. The Morgan fingerprint density at radius 3 is 2.65 bits per heavy atom. The molecule has 2 aromatic heterocycles. The van der Waals surface area contributed by atoms with E-state index in [1.807, 2.05) is 50.6 Å². The van der Waals surface area contributed by atoms with Crippen molar-refractivity contribution in [3.8, 4) is 28.5 Å². The molecule has 0 saturated carbocycles. The molecule has 0 fully saturated rings. The Morgan fingerprint density at radius 1 is 1.27 bits per heavy atom. The second kappa shape index (κ2) is 7.79. The van der Waals surface area contributed by atoms with Crippen molar-refractivity contribution < 1.29 is 9.32 Å². The molecule has 3 rings (SSSR count). The third-order valence-corrected chi connectivity index (χ3v) is 4.37. The van der Waals surface area contributed by atoms with Gasteiger partial charge in [-0.05, 0) is 12.0 Å². The second-order valence-corrected chi connectivity index (χ2v) is 6.40. The van der Waals surface area contributed by atoms with Gasteiger partial charge in [-0.15, -0.1) is 0 Å². The number of benzene rings is 1. The van der Waals surface area contributed by atoms with Crippen molar-refractivity contribution in [1.29, 1.82) is 5.26 Å². The fourth-order valence-corrected chi connectivity index (χ4v) is 2.72. The number of nitriles is 1. The third kappa shape index (κ3) is 4.06. The summed E-state index contributed by atoms with van der Waals surface area (Å²) >= 11 is 0. The molecule has 6 nitrogen and oxygen atoms in total. The van der Waals surface area contributed by atoms with Gasteiger partial charge in [0.15, 0.2) is 0 Å². The Kier molecular flexibility index (Phi) is 5.28. The molecule has 1 aromatic carbocycles. The molecule has 0 aliphatic heterocycles. The maximum atomic E-state index is 12.2. The molecule has 0 bridgehead atoms. The van der Waals surface area contributed by atoms with Crippen molar-refractivity contribution >= 4 is 5.78 Å². The largest absolute Gasteiger partial charge is 0.360 e. The number of rotatable bonds is 7. The van der Waals surface area contributed by atoms with E-state index < -0.39 is 0 Å². The van der Waals surface area contributed by atoms with Gasteiger partial charge in [0.1, 0.15) is 17.2 Å². The van der Waals surface area contributed by atoms with E-state index in [0.717, 1.165) is 16.7 Å². The van der Waals surface area contributed by atoms with Gasteiger partial charge in [-0.3, -0.25) is 9.48 Å². The van der Waals surface area contributed by atoms with E-state index in [-0.39, 0.29) is 18.1 Å². The van der Waals surface area contributed by atoms with Crippen LogP contribution in [0.1, 0.15) is 25.5 Å². The van der Waals surface area contributed by atoms with Gasteiger partial charge in [0, 0.05) is 42.8 Å². The van der Waals surface area contributed by atoms with Crippen LogP contribution in [0.5, 0.6) is 0 Å². The van der Waals surface area contributed by atoms with Gasteiger partial charge in [-0.2, -0.15) is 10.4 Å². The molecule has 0 saturated heterocycles. The first-order chi connectivity index (χ1) is 12.6. The summed E-state index contributed by atoms with van der Waals surface area (Å²) in [6.07, 6.45) is 4.95. The van der Waals surface area contributed by atoms with E-state index in [4.69, 9.17) is 9.78 Å². The monoisotopic (exact) mass is 348 g/mol. The molecule has 3 aromatic rings. The predicted octanol–water partition coefficient (Wildman–Crippen LogP) is 3.79. The topological polar surface area (TPSA) is 84.7 Å². The Hall–Kier alpha value is -3.20. The van der Waals surface area contributed by atoms with E-state index in [0.29, 0.717) is 24.3 Å². The van der Waals surface area contributed by atoms with Crippen LogP contribution in [-0.4, -0.2) is 20.7 Å². The molecule has 0 N–H and O–H groups in total. The Morgan fingerprint density at radius 2 is 2.00 bits per heavy atom. The molecular weight excluding hydrogens is 328 g/mol. The summed E-state index contributed by atoms with van der Waals surface area (Å²) in [6.45, 7) is 1.84. The first kappa shape index (κ1) is 17.6. The first-order valence-electron chi connectivity index (χ1n) is 8.51. The zero-order chi connectivity index (χ0) is 18.5. The highest BCUT2D eigenvalue weighted by Gasteiger charge is 2.16. The van der Waals surface area contributed by atoms with Gasteiger partial charge in [0.25, 0.3) is 0 Å². The SMILES string of the molecule is C[C@@H](CCC#N)C(=O)Cc1cc(-c2ccc(-c3cnn(C)c3)cc2)no1. The van der Waals surface area contributed by atoms with Crippen LogP contribution in [0.4, 0.5) is 0 Å². The van der Waals surface area contributed by atoms with E-state index >= 15 is 0 Å². The van der Waals surface area contributed by atoms with Crippen LogP contribution in [0.15, 0.2) is 47.2 Å². The van der Waals surface area contributed by atoms with Crippen molar-refractivity contribution in [2.45, 2.75) is 26.2 Å². The fourth-order valence-electron chi connectivity index (χ4n) is 2.72. The molecule has 1 atom stereocenters. The Balaban J connectivity index is 1.68. The standard InChI is InChI=1S/C20H20N4O2/c1-14(4-3-9-21)20(25)11-18-10-19(23-26-18)16-7-5-15(6-8-16)17-12-22-24(2)13-17/h5-8,10,12-14H,3-4,11H2,1-2H3/t14-/m0/s1. The Labute approximate surface area is 152 Å². The van der Waals surface area contributed by atoms with Crippen LogP contribution in [0, 0.1) is 17.2 Å². The normalized spacial score (nSPS) is 11.9. The third-order valence-electron chi connectivity index (χ3n) is 4.37. The fraction of sp³-hybridized carbons (Fsp3) is 0.300. The highest BCUT2D eigenvalue weighted by Crippen LogP contribution is 2.25. The minimum absolute atomic E-state index is 0.0647. The van der Waals surface area contributed by atoms with Gasteiger partial charge in [-0.25, -0.2) is 0 Å². The molecular formula is C20H20N4O2. The van der Waals surface area contributed by atoms with Crippen LogP contribution in [0.2, 0.25) is 0 Å². The van der Waals surface area contributed by atoms with Crippen molar-refractivity contribution in [2.75, 3.05) is 0 Å². The number of Topliss-reactive ketones (excluding diaryl/α,β-unsaturated/α-hetero) is 1. The summed E-state index contributed by atoms with van der Waals surface area (Å²) in [5.41, 5.74) is 3.76. The number of carbonyl (C=O) groups is 1. The zero-order valence-corrected chi connectivity index (χ0v) is 14.8. The van der Waals surface area contributed by atoms with Crippen LogP contribution in [-0.2, 0) is 18.3 Å². The molecule has 0 spiro atoms. The van der Waals surface area contributed by atoms with Gasteiger partial charge in [0.2, 0.25) is 0 Å². The van der Waals surface area contributed by atoms with Crippen LogP contribution in [0.3, 0.4) is 0 Å². The van der Waals surface area contributed by atoms with Crippen molar-refractivity contribution in [1.82, 2.24) is 14.9 Å². The smallest absolute Gasteiger partial charge is 0.144 e. The number of hydrogen-bond donors (Lipinski definition) is 0. The lowest BCUT2D eigenvalue weighted by Crippen LogP contribution is -2.13. The highest BCUT2D eigenvalue weighted by atomic mass is 16.5. The Bertz CT molecular complexity index is 931. The van der Waals surface area contributed by atoms with Gasteiger partial charge >= 0.3 is 0 Å². The van der Waals surface area contributed by atoms with E-state index in [1.165, 1.54) is 0 Å². The molecule has 26 heavy (non-hydrogen) atoms. The van der Waals surface area contributed by atoms with Gasteiger partial charge in [0.05, 0.1) is 18.7 Å². The maximum Gasteiger partial charge on any atom is 0.144 e. The molecule has 0 aliphatic carbocycles. The first-order valence-corrected chi connectivity index (χ1v) is 8.51. The van der Waals surface area contributed by atoms with Gasteiger partial charge in [-0.1, -0.05) is 36.3 Å². The minimum atomic E-state index is -0.151. The van der Waals surface area contributed by atoms with Crippen LogP contribution in [0.25, 0.3) is 22.4 Å². The summed E-state index contributed by atoms with van der Waals surface area (Å²) in [6, 6.07) is 11.8. The van der Waals surface area contributed by atoms with Crippen LogP contribution >= 0.6 is 0 Å². The lowest BCUT2D eigenvalue weighted by molar-refractivity contribution is -0.122. The predicted molar refractivity (Wildman–Crippen MR) is 96.9 cm³/mol. The van der Waals surface area contributed by atoms with Crippen LogP contribution < -0.4 is 0 Å². The van der Waals surface area contributed by atoms with Crippen molar-refractivity contribution in [3.05, 3.63) is 48.5 Å². The number of ketones is 1. The second-order valence-electron chi connectivity index (χ2n) is 6.40. The lowest BCUT2D eigenvalue weighted by Gasteiger charge is -2.05. The summed E-state index contributed by atoms with van der Waals surface area (Å²) in [5.74, 6) is 0.460. The van der Waals surface area contributed by atoms with E-state index in [2.05, 4.69) is 16.3 Å². The molecule has 132 valence electrons. The number of carbonyl (C=O) groups excluding carboxylic acids is 1. The number of aromatic nitrogens is 3. The molecule has 6 heteroatoms. The summed E-state index contributed by atoms with van der Waals surface area (Å²) in [7, 11) is 1.89. The lowest BCUT2D eigenvalue weighted by atomic mass is 9.97. The summed E-state index contributed by atoms with van der Waals surface area (Å²) < 4.78 is 7.08. The molecule has 0 radical (unpaired) electrons. The van der Waals surface area contributed by atoms with Crippen molar-refractivity contribution in [2.24, 2.45) is 13.0 Å². The maximum absolute atomic E-state index is 12.2. The van der Waals surface area contributed by atoms with Crippen molar-refractivity contribution in [3.63, 3.8) is 0 Å². The molecule has 0 amide bonds. The van der Waals surface area contributed by atoms with E-state index in [1.54, 1.807) is 10.7 Å².